The van der Waals surface area contributed by atoms with Gasteiger partial charge in [-0.25, -0.2) is 0 Å². The van der Waals surface area contributed by atoms with E-state index in [0.29, 0.717) is 6.54 Å². The number of phenols is 1. The van der Waals surface area contributed by atoms with Gasteiger partial charge >= 0.3 is 0 Å². The van der Waals surface area contributed by atoms with Crippen molar-refractivity contribution in [1.82, 2.24) is 0 Å². The predicted molar refractivity (Wildman–Crippen MR) is 62.1 cm³/mol. The SMILES string of the molecule is CCC(C)(CO)CNc1cccc(O)c1. The van der Waals surface area contributed by atoms with Crippen LogP contribution in [0.1, 0.15) is 20.3 Å². The zero-order valence-electron chi connectivity index (χ0n) is 9.33. The summed E-state index contributed by atoms with van der Waals surface area (Å²) in [6.45, 7) is 4.95. The molecule has 0 fully saturated rings. The van der Waals surface area contributed by atoms with E-state index in [-0.39, 0.29) is 17.8 Å². The molecule has 0 saturated carbocycles. The molecule has 3 heteroatoms. The maximum absolute atomic E-state index is 9.27. The molecule has 0 spiro atoms. The zero-order valence-corrected chi connectivity index (χ0v) is 9.33. The smallest absolute Gasteiger partial charge is 0.117 e. The highest BCUT2D eigenvalue weighted by atomic mass is 16.3. The topological polar surface area (TPSA) is 52.5 Å². The number of anilines is 1. The van der Waals surface area contributed by atoms with Gasteiger partial charge in [0.05, 0.1) is 6.61 Å². The number of nitrogens with one attached hydrogen (secondary N) is 1. The largest absolute Gasteiger partial charge is 0.508 e. The predicted octanol–water partition coefficient (Wildman–Crippen LogP) is 2.21. The molecule has 0 saturated heterocycles. The highest BCUT2D eigenvalue weighted by Gasteiger charge is 2.20. The van der Waals surface area contributed by atoms with Gasteiger partial charge in [0.15, 0.2) is 0 Å². The molecule has 0 heterocycles. The third-order valence-electron chi connectivity index (χ3n) is 2.80. The van der Waals surface area contributed by atoms with Crippen LogP contribution in [0.25, 0.3) is 0 Å². The van der Waals surface area contributed by atoms with Crippen LogP contribution in [0, 0.1) is 5.41 Å². The first-order chi connectivity index (χ1) is 7.09. The normalized spacial score (nSPS) is 14.6. The number of hydrogen-bond donors (Lipinski definition) is 3. The molecule has 3 N–H and O–H groups in total. The van der Waals surface area contributed by atoms with Crippen LogP contribution in [0.3, 0.4) is 0 Å². The van der Waals surface area contributed by atoms with Crippen molar-refractivity contribution in [3.8, 4) is 5.75 Å². The minimum atomic E-state index is -0.106. The Labute approximate surface area is 90.8 Å². The Morgan fingerprint density at radius 1 is 1.40 bits per heavy atom. The molecule has 1 unspecified atom stereocenters. The van der Waals surface area contributed by atoms with Crippen LogP contribution in [0.5, 0.6) is 5.75 Å². The van der Waals surface area contributed by atoms with Crippen molar-refractivity contribution in [2.45, 2.75) is 20.3 Å². The van der Waals surface area contributed by atoms with Crippen LogP contribution in [-0.4, -0.2) is 23.4 Å². The summed E-state index contributed by atoms with van der Waals surface area (Å²) in [4.78, 5) is 0. The number of rotatable bonds is 5. The lowest BCUT2D eigenvalue weighted by molar-refractivity contribution is 0.149. The Balaban J connectivity index is 2.56. The molecule has 0 aliphatic carbocycles. The van der Waals surface area contributed by atoms with Gasteiger partial charge in [-0.3, -0.25) is 0 Å². The second kappa shape index (κ2) is 5.03. The molecule has 0 amide bonds. The molecule has 1 atom stereocenters. The Kier molecular flexibility index (Phi) is 3.97. The van der Waals surface area contributed by atoms with Crippen molar-refractivity contribution in [2.24, 2.45) is 5.41 Å². The van der Waals surface area contributed by atoms with Gasteiger partial charge in [0.1, 0.15) is 5.75 Å². The second-order valence-corrected chi connectivity index (χ2v) is 4.23. The molecule has 1 aromatic rings. The fourth-order valence-electron chi connectivity index (χ4n) is 1.22. The summed E-state index contributed by atoms with van der Waals surface area (Å²) in [5, 5.41) is 21.7. The standard InChI is InChI=1S/C12H19NO2/c1-3-12(2,9-14)8-13-10-5-4-6-11(15)7-10/h4-7,13-15H,3,8-9H2,1-2H3. The molecule has 0 aromatic heterocycles. The number of phenolic OH excluding ortho intramolecular Hbond substituents is 1. The molecule has 0 aliphatic heterocycles. The molecule has 84 valence electrons. The molecule has 0 radical (unpaired) electrons. The van der Waals surface area contributed by atoms with Crippen molar-refractivity contribution in [3.05, 3.63) is 24.3 Å². The molecule has 1 aromatic carbocycles. The van der Waals surface area contributed by atoms with E-state index in [0.717, 1.165) is 12.1 Å². The lowest BCUT2D eigenvalue weighted by atomic mass is 9.88. The molecule has 15 heavy (non-hydrogen) atoms. The average molecular weight is 209 g/mol. The van der Waals surface area contributed by atoms with Crippen LogP contribution in [0.4, 0.5) is 5.69 Å². The summed E-state index contributed by atoms with van der Waals surface area (Å²) < 4.78 is 0. The molecule has 3 nitrogen and oxygen atoms in total. The number of benzene rings is 1. The average Bonchev–Trinajstić information content (AvgIpc) is 2.26. The summed E-state index contributed by atoms with van der Waals surface area (Å²) in [5.74, 6) is 0.252. The van der Waals surface area contributed by atoms with E-state index in [1.165, 1.54) is 0 Å². The van der Waals surface area contributed by atoms with Gasteiger partial charge in [-0.2, -0.15) is 0 Å². The molecule has 0 aliphatic rings. The van der Waals surface area contributed by atoms with Crippen molar-refractivity contribution >= 4 is 5.69 Å². The van der Waals surface area contributed by atoms with Gasteiger partial charge in [-0.15, -0.1) is 0 Å². The van der Waals surface area contributed by atoms with Crippen LogP contribution in [0.2, 0.25) is 0 Å². The van der Waals surface area contributed by atoms with Gasteiger partial charge in [-0.1, -0.05) is 19.9 Å². The van der Waals surface area contributed by atoms with Crippen molar-refractivity contribution in [1.29, 1.82) is 0 Å². The molecule has 1 rings (SSSR count). The number of aliphatic hydroxyl groups excluding tert-OH is 1. The lowest BCUT2D eigenvalue weighted by Gasteiger charge is -2.26. The zero-order chi connectivity index (χ0) is 11.3. The highest BCUT2D eigenvalue weighted by Crippen LogP contribution is 2.22. The Morgan fingerprint density at radius 3 is 2.67 bits per heavy atom. The quantitative estimate of drug-likeness (QED) is 0.697. The molecule has 0 bridgehead atoms. The number of aliphatic hydroxyl groups is 1. The van der Waals surface area contributed by atoms with Gasteiger partial charge in [0.25, 0.3) is 0 Å². The third kappa shape index (κ3) is 3.44. The minimum Gasteiger partial charge on any atom is -0.508 e. The maximum atomic E-state index is 9.27. The summed E-state index contributed by atoms with van der Waals surface area (Å²) in [5.41, 5.74) is 0.772. The summed E-state index contributed by atoms with van der Waals surface area (Å²) in [6.07, 6.45) is 0.912. The maximum Gasteiger partial charge on any atom is 0.117 e. The lowest BCUT2D eigenvalue weighted by Crippen LogP contribution is -2.29. The summed E-state index contributed by atoms with van der Waals surface area (Å²) >= 11 is 0. The van der Waals surface area contributed by atoms with Crippen LogP contribution >= 0.6 is 0 Å². The molecular weight excluding hydrogens is 190 g/mol. The third-order valence-corrected chi connectivity index (χ3v) is 2.80. The monoisotopic (exact) mass is 209 g/mol. The van der Waals surface area contributed by atoms with Crippen LogP contribution in [-0.2, 0) is 0 Å². The van der Waals surface area contributed by atoms with Gasteiger partial charge < -0.3 is 15.5 Å². The fourth-order valence-corrected chi connectivity index (χ4v) is 1.22. The van der Waals surface area contributed by atoms with E-state index >= 15 is 0 Å². The summed E-state index contributed by atoms with van der Waals surface area (Å²) in [6, 6.07) is 7.00. The van der Waals surface area contributed by atoms with Gasteiger partial charge in [-0.05, 0) is 18.6 Å². The van der Waals surface area contributed by atoms with E-state index in [1.807, 2.05) is 13.0 Å². The van der Waals surface area contributed by atoms with Crippen molar-refractivity contribution < 1.29 is 10.2 Å². The summed E-state index contributed by atoms with van der Waals surface area (Å²) in [7, 11) is 0. The Hall–Kier alpha value is -1.22. The first-order valence-corrected chi connectivity index (χ1v) is 5.23. The van der Waals surface area contributed by atoms with Crippen LogP contribution in [0.15, 0.2) is 24.3 Å². The Bertz CT molecular complexity index is 308. The van der Waals surface area contributed by atoms with E-state index in [1.54, 1.807) is 18.2 Å². The fraction of sp³-hybridized carbons (Fsp3) is 0.500. The first kappa shape index (κ1) is 11.9. The van der Waals surface area contributed by atoms with Crippen molar-refractivity contribution in [2.75, 3.05) is 18.5 Å². The number of hydrogen-bond acceptors (Lipinski definition) is 3. The van der Waals surface area contributed by atoms with Gasteiger partial charge in [0, 0.05) is 23.7 Å². The van der Waals surface area contributed by atoms with Crippen molar-refractivity contribution in [3.63, 3.8) is 0 Å². The molecular formula is C12H19NO2. The van der Waals surface area contributed by atoms with Crippen LogP contribution < -0.4 is 5.32 Å². The van der Waals surface area contributed by atoms with E-state index in [9.17, 15) is 10.2 Å². The van der Waals surface area contributed by atoms with E-state index in [2.05, 4.69) is 12.2 Å². The van der Waals surface area contributed by atoms with E-state index in [4.69, 9.17) is 0 Å². The first-order valence-electron chi connectivity index (χ1n) is 5.23. The Morgan fingerprint density at radius 2 is 2.13 bits per heavy atom. The second-order valence-electron chi connectivity index (χ2n) is 4.23. The number of aromatic hydroxyl groups is 1. The minimum absolute atomic E-state index is 0.106. The van der Waals surface area contributed by atoms with Gasteiger partial charge in [0.2, 0.25) is 0 Å². The van der Waals surface area contributed by atoms with E-state index < -0.39 is 0 Å². The highest BCUT2D eigenvalue weighted by molar-refractivity contribution is 5.47.